The molecule has 3 aromatic rings. The molecule has 0 radical (unpaired) electrons. The first kappa shape index (κ1) is 15.4. The monoisotopic (exact) mass is 343 g/mol. The molecule has 4 heterocycles. The smallest absolute Gasteiger partial charge is 0.210 e. The lowest BCUT2D eigenvalue weighted by Crippen LogP contribution is -2.33. The van der Waals surface area contributed by atoms with E-state index in [4.69, 9.17) is 0 Å². The van der Waals surface area contributed by atoms with Crippen molar-refractivity contribution in [1.29, 1.82) is 0 Å². The summed E-state index contributed by atoms with van der Waals surface area (Å²) < 4.78 is 3.08. The van der Waals surface area contributed by atoms with Crippen molar-refractivity contribution in [1.82, 2.24) is 19.7 Å². The molecule has 1 aliphatic rings. The Labute approximate surface area is 144 Å². The third-order valence-electron chi connectivity index (χ3n) is 4.81. The van der Waals surface area contributed by atoms with Crippen LogP contribution in [0.5, 0.6) is 0 Å². The molecule has 1 atom stereocenters. The third kappa shape index (κ3) is 2.34. The van der Waals surface area contributed by atoms with Gasteiger partial charge in [0, 0.05) is 37.3 Å². The lowest BCUT2D eigenvalue weighted by molar-refractivity contribution is -0.118. The van der Waals surface area contributed by atoms with Gasteiger partial charge in [-0.05, 0) is 38.3 Å². The number of likely N-dealkylation sites (tertiary alicyclic amines) is 1. The Hall–Kier alpha value is -2.15. The van der Waals surface area contributed by atoms with Crippen LogP contribution in [0.2, 0.25) is 0 Å². The summed E-state index contributed by atoms with van der Waals surface area (Å²) in [7, 11) is 1.98. The summed E-state index contributed by atoms with van der Waals surface area (Å²) in [5, 5.41) is 9.31. The predicted octanol–water partition coefficient (Wildman–Crippen LogP) is 2.83. The SMILES string of the molecule is Cc1cc(C)c2c(n1)sc1c(NCC3CCCN3C=O)nn(C)c12. The fourth-order valence-electron chi connectivity index (χ4n) is 3.68. The molecule has 1 unspecified atom stereocenters. The van der Waals surface area contributed by atoms with Crippen molar-refractivity contribution in [3.8, 4) is 0 Å². The number of anilines is 1. The van der Waals surface area contributed by atoms with Crippen LogP contribution in [-0.4, -0.2) is 45.2 Å². The van der Waals surface area contributed by atoms with E-state index in [2.05, 4.69) is 28.4 Å². The van der Waals surface area contributed by atoms with Gasteiger partial charge in [0.25, 0.3) is 0 Å². The Morgan fingerprint density at radius 2 is 2.29 bits per heavy atom. The molecule has 24 heavy (non-hydrogen) atoms. The second-order valence-corrected chi connectivity index (χ2v) is 7.53. The summed E-state index contributed by atoms with van der Waals surface area (Å²) >= 11 is 1.69. The molecule has 1 saturated heterocycles. The van der Waals surface area contributed by atoms with Crippen LogP contribution in [0, 0.1) is 13.8 Å². The number of hydrogen-bond donors (Lipinski definition) is 1. The molecule has 0 bridgehead atoms. The highest BCUT2D eigenvalue weighted by Gasteiger charge is 2.24. The van der Waals surface area contributed by atoms with Gasteiger partial charge in [-0.2, -0.15) is 5.10 Å². The Morgan fingerprint density at radius 1 is 1.46 bits per heavy atom. The summed E-state index contributed by atoms with van der Waals surface area (Å²) in [6, 6.07) is 2.38. The maximum Gasteiger partial charge on any atom is 0.210 e. The van der Waals surface area contributed by atoms with Crippen molar-refractivity contribution >= 4 is 44.0 Å². The fourth-order valence-corrected chi connectivity index (χ4v) is 4.97. The average Bonchev–Trinajstić information content (AvgIpc) is 3.20. The van der Waals surface area contributed by atoms with Crippen LogP contribution < -0.4 is 5.32 Å². The number of pyridine rings is 1. The van der Waals surface area contributed by atoms with E-state index in [0.29, 0.717) is 0 Å². The van der Waals surface area contributed by atoms with Gasteiger partial charge in [0.1, 0.15) is 4.83 Å². The molecule has 7 heteroatoms. The van der Waals surface area contributed by atoms with Crippen LogP contribution in [0.1, 0.15) is 24.1 Å². The number of fused-ring (bicyclic) bond motifs is 3. The Bertz CT molecular complexity index is 928. The molecule has 1 amide bonds. The Morgan fingerprint density at radius 3 is 3.08 bits per heavy atom. The Balaban J connectivity index is 1.71. The van der Waals surface area contributed by atoms with E-state index in [0.717, 1.165) is 58.9 Å². The summed E-state index contributed by atoms with van der Waals surface area (Å²) in [6.45, 7) is 5.76. The number of amides is 1. The van der Waals surface area contributed by atoms with E-state index in [-0.39, 0.29) is 6.04 Å². The van der Waals surface area contributed by atoms with E-state index in [1.807, 2.05) is 23.6 Å². The van der Waals surface area contributed by atoms with Crippen molar-refractivity contribution in [2.24, 2.45) is 7.05 Å². The van der Waals surface area contributed by atoms with E-state index >= 15 is 0 Å². The first-order valence-corrected chi connectivity index (χ1v) is 9.08. The average molecular weight is 343 g/mol. The molecule has 0 saturated carbocycles. The van der Waals surface area contributed by atoms with Gasteiger partial charge in [0.05, 0.1) is 10.2 Å². The number of rotatable bonds is 4. The van der Waals surface area contributed by atoms with Crippen LogP contribution in [0.15, 0.2) is 6.07 Å². The lowest BCUT2D eigenvalue weighted by atomic mass is 10.1. The van der Waals surface area contributed by atoms with Gasteiger partial charge < -0.3 is 10.2 Å². The van der Waals surface area contributed by atoms with Gasteiger partial charge >= 0.3 is 0 Å². The van der Waals surface area contributed by atoms with Crippen molar-refractivity contribution in [3.05, 3.63) is 17.3 Å². The number of hydrogen-bond acceptors (Lipinski definition) is 5. The van der Waals surface area contributed by atoms with Gasteiger partial charge in [-0.3, -0.25) is 9.48 Å². The second-order valence-electron chi connectivity index (χ2n) is 6.53. The van der Waals surface area contributed by atoms with Crippen LogP contribution in [0.25, 0.3) is 20.4 Å². The molecule has 3 aromatic heterocycles. The quantitative estimate of drug-likeness (QED) is 0.740. The standard InChI is InChI=1S/C17H21N5OS/c1-10-7-11(2)19-17-13(10)14-15(24-17)16(20-21(14)3)18-8-12-5-4-6-22(12)9-23/h7,9,12H,4-6,8H2,1-3H3,(H,18,20). The molecule has 0 aromatic carbocycles. The van der Waals surface area contributed by atoms with Crippen LogP contribution in [0.4, 0.5) is 5.82 Å². The topological polar surface area (TPSA) is 63.1 Å². The van der Waals surface area contributed by atoms with Gasteiger partial charge in [0.15, 0.2) is 5.82 Å². The van der Waals surface area contributed by atoms with E-state index in [9.17, 15) is 4.79 Å². The number of carbonyl (C=O) groups excluding carboxylic acids is 1. The summed E-state index contributed by atoms with van der Waals surface area (Å²) in [6.07, 6.45) is 3.09. The molecule has 6 nitrogen and oxygen atoms in total. The summed E-state index contributed by atoms with van der Waals surface area (Å²) in [5.74, 6) is 0.894. The van der Waals surface area contributed by atoms with Gasteiger partial charge in [-0.15, -0.1) is 11.3 Å². The summed E-state index contributed by atoms with van der Waals surface area (Å²) in [4.78, 5) is 18.7. The normalized spacial score (nSPS) is 18.0. The highest BCUT2D eigenvalue weighted by atomic mass is 32.1. The van der Waals surface area contributed by atoms with E-state index in [1.54, 1.807) is 11.3 Å². The number of nitrogens with zero attached hydrogens (tertiary/aromatic N) is 4. The zero-order valence-corrected chi connectivity index (χ0v) is 15.0. The van der Waals surface area contributed by atoms with Crippen LogP contribution in [-0.2, 0) is 11.8 Å². The van der Waals surface area contributed by atoms with E-state index in [1.165, 1.54) is 10.9 Å². The maximum absolute atomic E-state index is 11.1. The largest absolute Gasteiger partial charge is 0.365 e. The lowest BCUT2D eigenvalue weighted by Gasteiger charge is -2.19. The number of thiophene rings is 1. The molecular weight excluding hydrogens is 322 g/mol. The highest BCUT2D eigenvalue weighted by Crippen LogP contribution is 2.38. The number of nitrogens with one attached hydrogen (secondary N) is 1. The zero-order chi connectivity index (χ0) is 16.8. The molecule has 1 aliphatic heterocycles. The highest BCUT2D eigenvalue weighted by molar-refractivity contribution is 7.26. The van der Waals surface area contributed by atoms with Gasteiger partial charge in [-0.1, -0.05) is 0 Å². The van der Waals surface area contributed by atoms with Crippen molar-refractivity contribution in [3.63, 3.8) is 0 Å². The second kappa shape index (κ2) is 5.73. The van der Waals surface area contributed by atoms with Crippen LogP contribution in [0.3, 0.4) is 0 Å². The number of aryl methyl sites for hydroxylation is 3. The zero-order valence-electron chi connectivity index (χ0n) is 14.2. The van der Waals surface area contributed by atoms with E-state index < -0.39 is 0 Å². The van der Waals surface area contributed by atoms with Gasteiger partial charge in [0.2, 0.25) is 6.41 Å². The predicted molar refractivity (Wildman–Crippen MR) is 97.6 cm³/mol. The third-order valence-corrected chi connectivity index (χ3v) is 5.89. The molecular formula is C17H21N5OS. The minimum atomic E-state index is 0.260. The molecule has 1 N–H and O–H groups in total. The van der Waals surface area contributed by atoms with Crippen molar-refractivity contribution < 1.29 is 4.79 Å². The van der Waals surface area contributed by atoms with Crippen LogP contribution >= 0.6 is 11.3 Å². The number of aromatic nitrogens is 3. The molecule has 0 aliphatic carbocycles. The molecule has 1 fully saturated rings. The maximum atomic E-state index is 11.1. The van der Waals surface area contributed by atoms with Crippen molar-refractivity contribution in [2.45, 2.75) is 32.7 Å². The molecule has 126 valence electrons. The molecule has 4 rings (SSSR count). The minimum absolute atomic E-state index is 0.260. The van der Waals surface area contributed by atoms with Crippen molar-refractivity contribution in [2.75, 3.05) is 18.4 Å². The first-order valence-electron chi connectivity index (χ1n) is 8.27. The Kier molecular flexibility index (Phi) is 3.68. The first-order chi connectivity index (χ1) is 11.6. The fraction of sp³-hybridized carbons (Fsp3) is 0.471. The molecule has 0 spiro atoms. The minimum Gasteiger partial charge on any atom is -0.365 e. The number of carbonyl (C=O) groups is 1. The van der Waals surface area contributed by atoms with Gasteiger partial charge in [-0.25, -0.2) is 4.98 Å². The summed E-state index contributed by atoms with van der Waals surface area (Å²) in [5.41, 5.74) is 3.42.